The first-order valence-electron chi connectivity index (χ1n) is 12.9. The number of hydrogen-bond acceptors (Lipinski definition) is 10. The molecule has 2 aromatic carbocycles. The van der Waals surface area contributed by atoms with Gasteiger partial charge in [0.15, 0.2) is 6.61 Å². The molecule has 0 saturated heterocycles. The van der Waals surface area contributed by atoms with Crippen molar-refractivity contribution in [1.82, 2.24) is 14.9 Å². The van der Waals surface area contributed by atoms with E-state index in [1.165, 1.54) is 50.4 Å². The second-order valence-corrected chi connectivity index (χ2v) is 11.4. The van der Waals surface area contributed by atoms with Crippen LogP contribution >= 0.6 is 23.4 Å². The first-order chi connectivity index (χ1) is 20.1. The molecule has 1 atom stereocenters. The third kappa shape index (κ3) is 10.6. The van der Waals surface area contributed by atoms with Crippen LogP contribution in [0, 0.1) is 0 Å². The normalized spacial score (nSPS) is 11.5. The molecule has 0 spiro atoms. The van der Waals surface area contributed by atoms with Crippen molar-refractivity contribution in [1.29, 1.82) is 0 Å². The molecular formula is C29H34ClN3O9S. The van der Waals surface area contributed by atoms with Gasteiger partial charge in [0.05, 0.1) is 11.3 Å². The van der Waals surface area contributed by atoms with Crippen molar-refractivity contribution in [3.8, 4) is 0 Å². The van der Waals surface area contributed by atoms with Crippen LogP contribution in [-0.4, -0.2) is 94.7 Å². The Bertz CT molecular complexity index is 1320. The molecule has 4 amide bonds. The molecule has 12 nitrogen and oxygen atoms in total. The van der Waals surface area contributed by atoms with Gasteiger partial charge in [-0.2, -0.15) is 11.8 Å². The third-order valence-electron chi connectivity index (χ3n) is 5.56. The number of nitrogens with zero attached hydrogens (tertiary/aromatic N) is 3. The highest BCUT2D eigenvalue weighted by atomic mass is 35.5. The fourth-order valence-corrected chi connectivity index (χ4v) is 3.96. The van der Waals surface area contributed by atoms with Gasteiger partial charge in [-0.25, -0.2) is 14.6 Å². The van der Waals surface area contributed by atoms with Gasteiger partial charge in [0.25, 0.3) is 18.1 Å². The lowest BCUT2D eigenvalue weighted by atomic mass is 10.1. The molecule has 43 heavy (non-hydrogen) atoms. The fraction of sp³-hybridized carbons (Fsp3) is 0.379. The second-order valence-electron chi connectivity index (χ2n) is 10.1. The van der Waals surface area contributed by atoms with Gasteiger partial charge >= 0.3 is 18.0 Å². The van der Waals surface area contributed by atoms with Crippen LogP contribution in [0.3, 0.4) is 0 Å². The molecule has 2 aromatic rings. The van der Waals surface area contributed by atoms with Crippen molar-refractivity contribution in [2.24, 2.45) is 0 Å². The first-order valence-corrected chi connectivity index (χ1v) is 14.7. The molecule has 0 fully saturated rings. The molecule has 14 heteroatoms. The number of halogens is 1. The third-order valence-corrected chi connectivity index (χ3v) is 6.42. The molecule has 0 heterocycles. The number of carbonyl (C=O) groups is 6. The van der Waals surface area contributed by atoms with Crippen molar-refractivity contribution >= 4 is 59.1 Å². The molecular weight excluding hydrogens is 602 g/mol. The summed E-state index contributed by atoms with van der Waals surface area (Å²) in [7, 11) is 1.39. The van der Waals surface area contributed by atoms with Crippen LogP contribution in [0.5, 0.6) is 0 Å². The highest BCUT2D eigenvalue weighted by molar-refractivity contribution is 7.98. The van der Waals surface area contributed by atoms with Gasteiger partial charge in [0.2, 0.25) is 5.91 Å². The largest absolute Gasteiger partial charge is 0.452 e. The van der Waals surface area contributed by atoms with Gasteiger partial charge in [0, 0.05) is 30.1 Å². The van der Waals surface area contributed by atoms with E-state index in [9.17, 15) is 28.8 Å². The Balaban J connectivity index is 2.36. The van der Waals surface area contributed by atoms with E-state index in [1.807, 2.05) is 0 Å². The summed E-state index contributed by atoms with van der Waals surface area (Å²) in [5, 5.41) is 1.86. The summed E-state index contributed by atoms with van der Waals surface area (Å²) in [5.74, 6) is -3.91. The second kappa shape index (κ2) is 15.9. The summed E-state index contributed by atoms with van der Waals surface area (Å²) in [4.78, 5) is 78.0. The quantitative estimate of drug-likeness (QED) is 0.213. The van der Waals surface area contributed by atoms with Crippen molar-refractivity contribution in [3.05, 3.63) is 70.7 Å². The summed E-state index contributed by atoms with van der Waals surface area (Å²) < 4.78 is 15.5. The minimum Gasteiger partial charge on any atom is -0.452 e. The lowest BCUT2D eigenvalue weighted by Gasteiger charge is -2.41. The molecule has 0 N–H and O–H groups in total. The predicted octanol–water partition coefficient (Wildman–Crippen LogP) is 4.03. The van der Waals surface area contributed by atoms with Gasteiger partial charge in [-0.05, 0) is 63.4 Å². The molecule has 1 unspecified atom stereocenters. The zero-order valence-electron chi connectivity index (χ0n) is 24.7. The van der Waals surface area contributed by atoms with E-state index in [2.05, 4.69) is 0 Å². The number of amides is 4. The van der Waals surface area contributed by atoms with Gasteiger partial charge in [-0.15, -0.1) is 5.01 Å². The predicted molar refractivity (Wildman–Crippen MR) is 159 cm³/mol. The minimum absolute atomic E-state index is 0.0253. The first kappa shape index (κ1) is 35.1. The Morgan fingerprint density at radius 2 is 1.44 bits per heavy atom. The average molecular weight is 636 g/mol. The number of likely N-dealkylation sites (N-methyl/N-ethyl adjacent to an activating group) is 1. The van der Waals surface area contributed by atoms with Crippen molar-refractivity contribution < 1.29 is 43.0 Å². The van der Waals surface area contributed by atoms with E-state index in [4.69, 9.17) is 25.8 Å². The minimum atomic E-state index is -1.53. The molecule has 0 aliphatic heterocycles. The number of rotatable bonds is 10. The molecule has 0 aromatic heterocycles. The summed E-state index contributed by atoms with van der Waals surface area (Å²) in [6.45, 7) is 4.94. The van der Waals surface area contributed by atoms with E-state index in [0.29, 0.717) is 10.0 Å². The number of esters is 2. The van der Waals surface area contributed by atoms with Crippen LogP contribution in [0.15, 0.2) is 54.6 Å². The Morgan fingerprint density at radius 1 is 0.860 bits per heavy atom. The number of imide groups is 1. The van der Waals surface area contributed by atoms with E-state index < -0.39 is 48.3 Å². The fourth-order valence-electron chi connectivity index (χ4n) is 3.43. The maximum Gasteiger partial charge on any atom is 0.439 e. The highest BCUT2D eigenvalue weighted by Crippen LogP contribution is 2.24. The van der Waals surface area contributed by atoms with Crippen LogP contribution in [0.25, 0.3) is 0 Å². The number of carbonyl (C=O) groups excluding carboxylic acids is 6. The standard InChI is InChI=1S/C29H34ClN3O9S/c1-19(34)31(5)16-23(35)40-17-24(36)41-25(18-43-6)42-28(39)32(26(37)21-12-14-22(30)15-13-21)33(29(2,3)4)27(38)20-10-8-7-9-11-20/h7-15,25H,16-18H2,1-6H3. The van der Waals surface area contributed by atoms with Crippen LogP contribution in [0.1, 0.15) is 48.4 Å². The number of benzene rings is 2. The van der Waals surface area contributed by atoms with Crippen LogP contribution in [-0.2, 0) is 28.6 Å². The molecule has 0 bridgehead atoms. The Kier molecular flexibility index (Phi) is 13.0. The lowest BCUT2D eigenvalue weighted by molar-refractivity contribution is -0.176. The molecule has 0 aliphatic carbocycles. The van der Waals surface area contributed by atoms with E-state index in [1.54, 1.807) is 45.2 Å². The van der Waals surface area contributed by atoms with Crippen molar-refractivity contribution in [2.45, 2.75) is 39.5 Å². The van der Waals surface area contributed by atoms with E-state index in [0.717, 1.165) is 21.7 Å². The van der Waals surface area contributed by atoms with Gasteiger partial charge < -0.3 is 19.1 Å². The molecule has 232 valence electrons. The maximum atomic E-state index is 13.8. The number of hydrazine groups is 1. The lowest BCUT2D eigenvalue weighted by Crippen LogP contribution is -2.60. The van der Waals surface area contributed by atoms with Crippen LogP contribution < -0.4 is 0 Å². The summed E-state index contributed by atoms with van der Waals surface area (Å²) in [5.41, 5.74) is -0.901. The molecule has 0 saturated carbocycles. The average Bonchev–Trinajstić information content (AvgIpc) is 2.94. The highest BCUT2D eigenvalue weighted by Gasteiger charge is 2.42. The number of thioether (sulfide) groups is 1. The number of hydrogen-bond donors (Lipinski definition) is 0. The topological polar surface area (TPSA) is 140 Å². The summed E-state index contributed by atoms with van der Waals surface area (Å²) in [6.07, 6.45) is -1.17. The van der Waals surface area contributed by atoms with E-state index >= 15 is 0 Å². The summed E-state index contributed by atoms with van der Waals surface area (Å²) in [6, 6.07) is 13.7. The van der Waals surface area contributed by atoms with Crippen LogP contribution in [0.4, 0.5) is 4.79 Å². The smallest absolute Gasteiger partial charge is 0.439 e. The van der Waals surface area contributed by atoms with E-state index in [-0.39, 0.29) is 29.3 Å². The zero-order valence-corrected chi connectivity index (χ0v) is 26.3. The summed E-state index contributed by atoms with van der Waals surface area (Å²) >= 11 is 7.14. The number of ether oxygens (including phenoxy) is 3. The van der Waals surface area contributed by atoms with Crippen molar-refractivity contribution in [3.63, 3.8) is 0 Å². The van der Waals surface area contributed by atoms with Gasteiger partial charge in [-0.1, -0.05) is 29.8 Å². The molecule has 0 aliphatic rings. The zero-order chi connectivity index (χ0) is 32.3. The monoisotopic (exact) mass is 635 g/mol. The Morgan fingerprint density at radius 3 is 1.98 bits per heavy atom. The maximum absolute atomic E-state index is 13.8. The van der Waals surface area contributed by atoms with Crippen molar-refractivity contribution in [2.75, 3.05) is 32.2 Å². The van der Waals surface area contributed by atoms with Crippen LogP contribution in [0.2, 0.25) is 5.02 Å². The SMILES string of the molecule is CSCC(OC(=O)COC(=O)CN(C)C(C)=O)OC(=O)N(C(=O)c1ccc(Cl)cc1)N(C(=O)c1ccccc1)C(C)(C)C. The van der Waals surface area contributed by atoms with Gasteiger partial charge in [-0.3, -0.25) is 19.2 Å². The van der Waals surface area contributed by atoms with Gasteiger partial charge in [0.1, 0.15) is 6.54 Å². The molecule has 0 radical (unpaired) electrons. The Labute approximate surface area is 259 Å². The molecule has 2 rings (SSSR count). The Hall–Kier alpha value is -4.10.